The Morgan fingerprint density at radius 2 is 1.91 bits per heavy atom. The first-order valence-electron chi connectivity index (χ1n) is 7.67. The number of methoxy groups -OCH3 is 1. The number of nitrogens with zero attached hydrogens (tertiary/aromatic N) is 1. The molecule has 0 unspecified atom stereocenters. The molecule has 1 aliphatic heterocycles. The molecule has 1 saturated heterocycles. The Labute approximate surface area is 134 Å². The fourth-order valence-electron chi connectivity index (χ4n) is 3.16. The summed E-state index contributed by atoms with van der Waals surface area (Å²) in [6, 6.07) is 11.1. The molecule has 3 rings (SSSR count). The van der Waals surface area contributed by atoms with Gasteiger partial charge in [-0.3, -0.25) is 4.79 Å². The molecule has 1 amide bonds. The SMILES string of the molecule is COc1ccc(C(=O)N2CCC[C@H](C(=O)[O-])C2)c2ccccc12. The first-order valence-corrected chi connectivity index (χ1v) is 7.67. The molecule has 0 aromatic heterocycles. The summed E-state index contributed by atoms with van der Waals surface area (Å²) >= 11 is 0. The molecule has 5 heteroatoms. The lowest BCUT2D eigenvalue weighted by Gasteiger charge is -2.33. The zero-order valence-corrected chi connectivity index (χ0v) is 13.0. The van der Waals surface area contributed by atoms with Crippen molar-refractivity contribution in [2.24, 2.45) is 5.92 Å². The Kier molecular flexibility index (Phi) is 4.19. The zero-order chi connectivity index (χ0) is 16.4. The molecule has 5 nitrogen and oxygen atoms in total. The van der Waals surface area contributed by atoms with E-state index in [1.165, 1.54) is 0 Å². The first-order chi connectivity index (χ1) is 11.1. The van der Waals surface area contributed by atoms with Gasteiger partial charge in [0.25, 0.3) is 5.91 Å². The van der Waals surface area contributed by atoms with Gasteiger partial charge >= 0.3 is 0 Å². The molecule has 23 heavy (non-hydrogen) atoms. The third-order valence-electron chi connectivity index (χ3n) is 4.38. The molecule has 1 atom stereocenters. The van der Waals surface area contributed by atoms with Crippen LogP contribution in [0.15, 0.2) is 36.4 Å². The Morgan fingerprint density at radius 3 is 2.61 bits per heavy atom. The molecule has 0 saturated carbocycles. The van der Waals surface area contributed by atoms with Crippen LogP contribution in [0.3, 0.4) is 0 Å². The van der Waals surface area contributed by atoms with Gasteiger partial charge in [-0.1, -0.05) is 24.3 Å². The zero-order valence-electron chi connectivity index (χ0n) is 13.0. The number of benzene rings is 2. The summed E-state index contributed by atoms with van der Waals surface area (Å²) in [6.45, 7) is 0.782. The summed E-state index contributed by atoms with van der Waals surface area (Å²) in [4.78, 5) is 25.6. The lowest BCUT2D eigenvalue weighted by atomic mass is 9.96. The average molecular weight is 312 g/mol. The molecule has 0 spiro atoms. The maximum absolute atomic E-state index is 12.9. The Hall–Kier alpha value is -2.56. The number of carboxylic acids is 1. The first kappa shape index (κ1) is 15.3. The Balaban J connectivity index is 1.97. The standard InChI is InChI=1S/C18H19NO4/c1-23-16-9-8-15(13-6-2-3-7-14(13)16)17(20)19-10-4-5-12(11-19)18(21)22/h2-3,6-9,12H,4-5,10-11H2,1H3,(H,21,22)/p-1/t12-/m0/s1. The highest BCUT2D eigenvalue weighted by molar-refractivity contribution is 6.08. The van der Waals surface area contributed by atoms with Crippen LogP contribution in [0.25, 0.3) is 10.8 Å². The quantitative estimate of drug-likeness (QED) is 0.860. The topological polar surface area (TPSA) is 69.7 Å². The van der Waals surface area contributed by atoms with E-state index in [4.69, 9.17) is 4.74 Å². The fraction of sp³-hybridized carbons (Fsp3) is 0.333. The van der Waals surface area contributed by atoms with Crippen LogP contribution >= 0.6 is 0 Å². The van der Waals surface area contributed by atoms with E-state index in [0.717, 1.165) is 10.8 Å². The van der Waals surface area contributed by atoms with Gasteiger partial charge in [0.05, 0.1) is 7.11 Å². The van der Waals surface area contributed by atoms with E-state index in [1.54, 1.807) is 24.1 Å². The number of hydrogen-bond acceptors (Lipinski definition) is 4. The van der Waals surface area contributed by atoms with Crippen molar-refractivity contribution in [3.63, 3.8) is 0 Å². The van der Waals surface area contributed by atoms with Crippen LogP contribution in [0.1, 0.15) is 23.2 Å². The summed E-state index contributed by atoms with van der Waals surface area (Å²) in [5.41, 5.74) is 0.570. The van der Waals surface area contributed by atoms with Gasteiger partial charge in [-0.15, -0.1) is 0 Å². The third-order valence-corrected chi connectivity index (χ3v) is 4.38. The van der Waals surface area contributed by atoms with Gasteiger partial charge < -0.3 is 19.5 Å². The Bertz CT molecular complexity index is 756. The Morgan fingerprint density at radius 1 is 1.17 bits per heavy atom. The summed E-state index contributed by atoms with van der Waals surface area (Å²) in [7, 11) is 1.60. The summed E-state index contributed by atoms with van der Waals surface area (Å²) in [5, 5.41) is 12.8. The van der Waals surface area contributed by atoms with Crippen LogP contribution in [0.5, 0.6) is 5.75 Å². The van der Waals surface area contributed by atoms with E-state index in [2.05, 4.69) is 0 Å². The van der Waals surface area contributed by atoms with Gasteiger partial charge in [-0.25, -0.2) is 0 Å². The van der Waals surface area contributed by atoms with E-state index in [9.17, 15) is 14.7 Å². The average Bonchev–Trinajstić information content (AvgIpc) is 2.60. The summed E-state index contributed by atoms with van der Waals surface area (Å²) < 4.78 is 5.35. The van der Waals surface area contributed by atoms with Crippen molar-refractivity contribution in [3.8, 4) is 5.75 Å². The van der Waals surface area contributed by atoms with Gasteiger partial charge in [0.1, 0.15) is 5.75 Å². The van der Waals surface area contributed by atoms with Crippen LogP contribution in [-0.2, 0) is 4.79 Å². The number of hydrogen-bond donors (Lipinski definition) is 0. The van der Waals surface area contributed by atoms with Crippen LogP contribution in [0.4, 0.5) is 0 Å². The van der Waals surface area contributed by atoms with E-state index in [1.807, 2.05) is 24.3 Å². The predicted molar refractivity (Wildman–Crippen MR) is 84.1 cm³/mol. The number of carbonyl (C=O) groups is 2. The van der Waals surface area contributed by atoms with Crippen molar-refractivity contribution in [2.75, 3.05) is 20.2 Å². The largest absolute Gasteiger partial charge is 0.550 e. The monoisotopic (exact) mass is 312 g/mol. The van der Waals surface area contributed by atoms with Crippen molar-refractivity contribution in [3.05, 3.63) is 42.0 Å². The normalized spacial score (nSPS) is 18.0. The molecular weight excluding hydrogens is 294 g/mol. The molecule has 0 bridgehead atoms. The second kappa shape index (κ2) is 6.28. The van der Waals surface area contributed by atoms with Crippen molar-refractivity contribution in [2.45, 2.75) is 12.8 Å². The minimum absolute atomic E-state index is 0.144. The van der Waals surface area contributed by atoms with Gasteiger partial charge in [-0.05, 0) is 30.4 Å². The van der Waals surface area contributed by atoms with Crippen molar-refractivity contribution >= 4 is 22.6 Å². The van der Waals surface area contributed by atoms with Gasteiger partial charge in [0.15, 0.2) is 0 Å². The number of aliphatic carboxylic acids is 1. The van der Waals surface area contributed by atoms with Gasteiger partial charge in [0, 0.05) is 35.9 Å². The molecular formula is C18H18NO4-. The number of carboxylic acid groups (broad SMARTS) is 1. The van der Waals surface area contributed by atoms with E-state index in [0.29, 0.717) is 30.7 Å². The number of amides is 1. The predicted octanol–water partition coefficient (Wildman–Crippen LogP) is 1.45. The number of ether oxygens (including phenoxy) is 1. The number of likely N-dealkylation sites (tertiary alicyclic amines) is 1. The smallest absolute Gasteiger partial charge is 0.254 e. The minimum atomic E-state index is -1.08. The molecule has 2 aromatic carbocycles. The molecule has 0 N–H and O–H groups in total. The fourth-order valence-corrected chi connectivity index (χ4v) is 3.16. The summed E-state index contributed by atoms with van der Waals surface area (Å²) in [6.07, 6.45) is 1.24. The van der Waals surface area contributed by atoms with Crippen LogP contribution < -0.4 is 9.84 Å². The molecule has 2 aromatic rings. The minimum Gasteiger partial charge on any atom is -0.550 e. The molecule has 1 aliphatic rings. The lowest BCUT2D eigenvalue weighted by molar-refractivity contribution is -0.312. The van der Waals surface area contributed by atoms with Gasteiger partial charge in [-0.2, -0.15) is 0 Å². The number of fused-ring (bicyclic) bond motifs is 1. The number of carbonyl (C=O) groups excluding carboxylic acids is 2. The third kappa shape index (κ3) is 2.86. The number of piperidine rings is 1. The van der Waals surface area contributed by atoms with E-state index < -0.39 is 11.9 Å². The van der Waals surface area contributed by atoms with Crippen LogP contribution in [0.2, 0.25) is 0 Å². The van der Waals surface area contributed by atoms with Gasteiger partial charge in [0.2, 0.25) is 0 Å². The molecule has 1 fully saturated rings. The van der Waals surface area contributed by atoms with Crippen molar-refractivity contribution in [1.29, 1.82) is 0 Å². The van der Waals surface area contributed by atoms with E-state index >= 15 is 0 Å². The highest BCUT2D eigenvalue weighted by Gasteiger charge is 2.26. The summed E-state index contributed by atoms with van der Waals surface area (Å²) in [5.74, 6) is -1.10. The highest BCUT2D eigenvalue weighted by Crippen LogP contribution is 2.30. The maximum atomic E-state index is 12.9. The highest BCUT2D eigenvalue weighted by atomic mass is 16.5. The number of rotatable bonds is 3. The van der Waals surface area contributed by atoms with Crippen molar-refractivity contribution < 1.29 is 19.4 Å². The van der Waals surface area contributed by atoms with Crippen molar-refractivity contribution in [1.82, 2.24) is 4.90 Å². The van der Waals surface area contributed by atoms with E-state index in [-0.39, 0.29) is 12.5 Å². The second-order valence-electron chi connectivity index (χ2n) is 5.77. The lowest BCUT2D eigenvalue weighted by Crippen LogP contribution is -2.46. The maximum Gasteiger partial charge on any atom is 0.254 e. The van der Waals surface area contributed by atoms with Crippen LogP contribution in [0, 0.1) is 5.92 Å². The molecule has 0 aliphatic carbocycles. The van der Waals surface area contributed by atoms with Crippen LogP contribution in [-0.4, -0.2) is 37.0 Å². The second-order valence-corrected chi connectivity index (χ2v) is 5.77. The molecule has 120 valence electrons. The molecule has 1 heterocycles. The molecule has 0 radical (unpaired) electrons.